The Morgan fingerprint density at radius 3 is 2.28 bits per heavy atom. The first-order valence-corrected chi connectivity index (χ1v) is 8.70. The molecule has 0 aliphatic rings. The van der Waals surface area contributed by atoms with Gasteiger partial charge in [-0.25, -0.2) is 4.79 Å². The Balaban J connectivity index is 1.63. The van der Waals surface area contributed by atoms with Crippen molar-refractivity contribution in [1.82, 2.24) is 0 Å². The zero-order valence-corrected chi connectivity index (χ0v) is 15.6. The number of aromatic carboxylic acids is 1. The predicted octanol–water partition coefficient (Wildman–Crippen LogP) is 3.93. The van der Waals surface area contributed by atoms with Crippen LogP contribution in [0.3, 0.4) is 0 Å². The van der Waals surface area contributed by atoms with Gasteiger partial charge in [0.25, 0.3) is 5.91 Å². The molecule has 0 bridgehead atoms. The van der Waals surface area contributed by atoms with Gasteiger partial charge in [0.2, 0.25) is 0 Å². The Bertz CT molecular complexity index is 1030. The topological polar surface area (TPSA) is 105 Å². The van der Waals surface area contributed by atoms with Crippen LogP contribution < -0.4 is 14.8 Å². The molecule has 3 aromatic rings. The van der Waals surface area contributed by atoms with Crippen molar-refractivity contribution in [3.05, 3.63) is 83.4 Å². The summed E-state index contributed by atoms with van der Waals surface area (Å²) in [6.45, 7) is 0.312. The van der Waals surface area contributed by atoms with Gasteiger partial charge in [-0.15, -0.1) is 0 Å². The van der Waals surface area contributed by atoms with Gasteiger partial charge in [-0.05, 0) is 42.0 Å². The lowest BCUT2D eigenvalue weighted by atomic mass is 10.1. The first-order valence-electron chi connectivity index (χ1n) is 8.70. The van der Waals surface area contributed by atoms with Gasteiger partial charge >= 0.3 is 5.97 Å². The number of anilines is 1. The molecule has 3 rings (SSSR count). The summed E-state index contributed by atoms with van der Waals surface area (Å²) in [7, 11) is 1.57. The summed E-state index contributed by atoms with van der Waals surface area (Å²) >= 11 is 0. The number of nitrogens with one attached hydrogen (secondary N) is 1. The Morgan fingerprint density at radius 2 is 1.66 bits per heavy atom. The minimum atomic E-state index is -1.24. The fourth-order valence-electron chi connectivity index (χ4n) is 2.64. The molecule has 0 unspecified atom stereocenters. The van der Waals surface area contributed by atoms with Gasteiger partial charge in [0.1, 0.15) is 17.9 Å². The van der Waals surface area contributed by atoms with E-state index in [9.17, 15) is 14.7 Å². The number of carboxylic acid groups (broad SMARTS) is 1. The van der Waals surface area contributed by atoms with Crippen molar-refractivity contribution in [2.75, 3.05) is 12.4 Å². The number of carboxylic acids is 1. The van der Waals surface area contributed by atoms with E-state index in [1.807, 2.05) is 24.3 Å². The molecule has 148 valence electrons. The molecule has 0 aromatic heterocycles. The molecule has 3 N–H and O–H groups in total. The largest absolute Gasteiger partial charge is 0.507 e. The molecule has 7 nitrogen and oxygen atoms in total. The van der Waals surface area contributed by atoms with Crippen LogP contribution in [-0.2, 0) is 6.61 Å². The van der Waals surface area contributed by atoms with Crippen LogP contribution in [0.1, 0.15) is 26.3 Å². The molecule has 29 heavy (non-hydrogen) atoms. The summed E-state index contributed by atoms with van der Waals surface area (Å²) in [5.74, 6) is -0.780. The first kappa shape index (κ1) is 19.8. The highest BCUT2D eigenvalue weighted by atomic mass is 16.5. The smallest absolute Gasteiger partial charge is 0.339 e. The number of ether oxygens (including phenoxy) is 2. The highest BCUT2D eigenvalue weighted by molar-refractivity contribution is 6.04. The summed E-state index contributed by atoms with van der Waals surface area (Å²) < 4.78 is 11.0. The zero-order valence-electron chi connectivity index (χ0n) is 15.6. The van der Waals surface area contributed by atoms with Crippen LogP contribution in [0.25, 0.3) is 0 Å². The Morgan fingerprint density at radius 1 is 0.966 bits per heavy atom. The molecule has 0 fully saturated rings. The minimum Gasteiger partial charge on any atom is -0.507 e. The van der Waals surface area contributed by atoms with Crippen molar-refractivity contribution < 1.29 is 29.3 Å². The van der Waals surface area contributed by atoms with Crippen LogP contribution in [-0.4, -0.2) is 29.2 Å². The van der Waals surface area contributed by atoms with Gasteiger partial charge in [0, 0.05) is 17.3 Å². The molecule has 0 aliphatic carbocycles. The Labute approximate surface area is 167 Å². The molecule has 3 aromatic carbocycles. The van der Waals surface area contributed by atoms with Crippen molar-refractivity contribution in [3.8, 4) is 17.2 Å². The maximum Gasteiger partial charge on any atom is 0.339 e. The molecular formula is C22H19NO6. The second-order valence-electron chi connectivity index (χ2n) is 6.13. The van der Waals surface area contributed by atoms with E-state index in [0.717, 1.165) is 5.56 Å². The number of amides is 1. The van der Waals surface area contributed by atoms with Crippen molar-refractivity contribution in [2.45, 2.75) is 6.61 Å². The van der Waals surface area contributed by atoms with Crippen molar-refractivity contribution in [2.24, 2.45) is 0 Å². The van der Waals surface area contributed by atoms with E-state index < -0.39 is 11.7 Å². The van der Waals surface area contributed by atoms with Gasteiger partial charge < -0.3 is 25.0 Å². The molecule has 0 saturated carbocycles. The molecule has 7 heteroatoms. The minimum absolute atomic E-state index is 0.234. The lowest BCUT2D eigenvalue weighted by Crippen LogP contribution is -2.12. The average molecular weight is 393 g/mol. The number of carbonyl (C=O) groups excluding carboxylic acids is 1. The number of aromatic hydroxyl groups is 1. The summed E-state index contributed by atoms with van der Waals surface area (Å²) in [6.07, 6.45) is 0. The third-order valence-electron chi connectivity index (χ3n) is 4.17. The Kier molecular flexibility index (Phi) is 5.99. The summed E-state index contributed by atoms with van der Waals surface area (Å²) in [5, 5.41) is 21.3. The quantitative estimate of drug-likeness (QED) is 0.562. The number of rotatable bonds is 7. The average Bonchev–Trinajstić information content (AvgIpc) is 2.72. The van der Waals surface area contributed by atoms with E-state index in [1.165, 1.54) is 18.2 Å². The summed E-state index contributed by atoms with van der Waals surface area (Å²) in [5.41, 5.74) is 1.34. The lowest BCUT2D eigenvalue weighted by molar-refractivity contribution is 0.0693. The zero-order chi connectivity index (χ0) is 20.8. The number of methoxy groups -OCH3 is 1. The fraction of sp³-hybridized carbons (Fsp3) is 0.0909. The van der Waals surface area contributed by atoms with Gasteiger partial charge in [0.15, 0.2) is 11.5 Å². The van der Waals surface area contributed by atoms with E-state index in [0.29, 0.717) is 29.4 Å². The number of hydrogen-bond acceptors (Lipinski definition) is 5. The maximum absolute atomic E-state index is 12.4. The van der Waals surface area contributed by atoms with Crippen LogP contribution in [0.2, 0.25) is 0 Å². The van der Waals surface area contributed by atoms with Crippen LogP contribution in [0.5, 0.6) is 17.2 Å². The number of benzene rings is 3. The number of carbonyl (C=O) groups is 2. The molecule has 0 spiro atoms. The molecule has 0 radical (unpaired) electrons. The van der Waals surface area contributed by atoms with Crippen molar-refractivity contribution >= 4 is 17.6 Å². The second-order valence-corrected chi connectivity index (χ2v) is 6.13. The van der Waals surface area contributed by atoms with E-state index >= 15 is 0 Å². The van der Waals surface area contributed by atoms with Gasteiger partial charge in [-0.2, -0.15) is 0 Å². The van der Waals surface area contributed by atoms with Crippen LogP contribution in [0.15, 0.2) is 66.7 Å². The monoisotopic (exact) mass is 393 g/mol. The number of para-hydroxylation sites is 2. The van der Waals surface area contributed by atoms with E-state index in [-0.39, 0.29) is 11.5 Å². The van der Waals surface area contributed by atoms with Gasteiger partial charge in [0.05, 0.1) is 7.11 Å². The van der Waals surface area contributed by atoms with Crippen molar-refractivity contribution in [3.63, 3.8) is 0 Å². The normalized spacial score (nSPS) is 10.2. The van der Waals surface area contributed by atoms with Crippen LogP contribution >= 0.6 is 0 Å². The molecule has 0 aliphatic heterocycles. The molecule has 0 atom stereocenters. The number of phenols is 1. The van der Waals surface area contributed by atoms with Gasteiger partial charge in [-0.1, -0.05) is 24.3 Å². The number of hydrogen-bond donors (Lipinski definition) is 3. The fourth-order valence-corrected chi connectivity index (χ4v) is 2.64. The van der Waals surface area contributed by atoms with E-state index in [4.69, 9.17) is 14.6 Å². The van der Waals surface area contributed by atoms with E-state index in [2.05, 4.69) is 5.32 Å². The highest BCUT2D eigenvalue weighted by Gasteiger charge is 2.12. The SMILES string of the molecule is COc1ccccc1OCc1ccc(C(=O)Nc2ccc(C(=O)O)c(O)c2)cc1. The molecule has 0 heterocycles. The third-order valence-corrected chi connectivity index (χ3v) is 4.17. The van der Waals surface area contributed by atoms with E-state index in [1.54, 1.807) is 31.4 Å². The first-order chi connectivity index (χ1) is 14.0. The summed E-state index contributed by atoms with van der Waals surface area (Å²) in [4.78, 5) is 23.3. The predicted molar refractivity (Wildman–Crippen MR) is 107 cm³/mol. The molecule has 1 amide bonds. The maximum atomic E-state index is 12.4. The molecule has 0 saturated heterocycles. The second kappa shape index (κ2) is 8.79. The van der Waals surface area contributed by atoms with Crippen LogP contribution in [0.4, 0.5) is 5.69 Å². The third kappa shape index (κ3) is 4.84. The van der Waals surface area contributed by atoms with Crippen molar-refractivity contribution in [1.29, 1.82) is 0 Å². The lowest BCUT2D eigenvalue weighted by Gasteiger charge is -2.11. The van der Waals surface area contributed by atoms with Crippen LogP contribution in [0, 0.1) is 0 Å². The summed E-state index contributed by atoms with van der Waals surface area (Å²) in [6, 6.07) is 18.0. The highest BCUT2D eigenvalue weighted by Crippen LogP contribution is 2.27. The Hall–Kier alpha value is -4.00. The molecular weight excluding hydrogens is 374 g/mol. The standard InChI is InChI=1S/C22H19NO6/c1-28-19-4-2-3-5-20(19)29-13-14-6-8-15(9-7-14)21(25)23-16-10-11-17(22(26)27)18(24)12-16/h2-12,24H,13H2,1H3,(H,23,25)(H,26,27). The van der Waals surface area contributed by atoms with Gasteiger partial charge in [-0.3, -0.25) is 4.79 Å².